The van der Waals surface area contributed by atoms with Crippen LogP contribution in [0.25, 0.3) is 10.9 Å². The Morgan fingerprint density at radius 3 is 2.86 bits per heavy atom. The van der Waals surface area contributed by atoms with E-state index in [0.29, 0.717) is 5.75 Å². The lowest BCUT2D eigenvalue weighted by Gasteiger charge is -2.05. The fraction of sp³-hybridized carbons (Fsp3) is 0.125. The number of carbonyl (C=O) groups excluding carboxylic acids is 1. The molecule has 0 spiro atoms. The van der Waals surface area contributed by atoms with Crippen LogP contribution in [0, 0.1) is 6.92 Å². The van der Waals surface area contributed by atoms with Crippen LogP contribution >= 0.6 is 11.8 Å². The summed E-state index contributed by atoms with van der Waals surface area (Å²) in [5, 5.41) is 4.03. The van der Waals surface area contributed by atoms with Gasteiger partial charge in [-0.2, -0.15) is 0 Å². The minimum Gasteiger partial charge on any atom is -0.359 e. The summed E-state index contributed by atoms with van der Waals surface area (Å²) in [4.78, 5) is 20.2. The average molecular weight is 297 g/mol. The summed E-state index contributed by atoms with van der Waals surface area (Å²) >= 11 is 1.50. The van der Waals surface area contributed by atoms with E-state index >= 15 is 0 Å². The molecule has 4 nitrogen and oxygen atoms in total. The molecule has 1 aromatic carbocycles. The van der Waals surface area contributed by atoms with E-state index in [0.717, 1.165) is 27.2 Å². The van der Waals surface area contributed by atoms with E-state index in [1.165, 1.54) is 11.8 Å². The first kappa shape index (κ1) is 13.7. The van der Waals surface area contributed by atoms with E-state index in [1.54, 1.807) is 12.4 Å². The molecule has 2 N–H and O–H groups in total. The third kappa shape index (κ3) is 3.44. The zero-order chi connectivity index (χ0) is 14.7. The van der Waals surface area contributed by atoms with Crippen LogP contribution in [0.3, 0.4) is 0 Å². The molecule has 0 saturated carbocycles. The first-order chi connectivity index (χ1) is 10.2. The molecule has 0 bridgehead atoms. The number of fused-ring (bicyclic) bond motifs is 1. The maximum atomic E-state index is 12.0. The van der Waals surface area contributed by atoms with E-state index in [-0.39, 0.29) is 5.91 Å². The molecular weight excluding hydrogens is 282 g/mol. The number of benzene rings is 1. The predicted molar refractivity (Wildman–Crippen MR) is 86.6 cm³/mol. The lowest BCUT2D eigenvalue weighted by molar-refractivity contribution is -0.113. The Morgan fingerprint density at radius 2 is 2.05 bits per heavy atom. The minimum absolute atomic E-state index is 0.0107. The topological polar surface area (TPSA) is 57.8 Å². The van der Waals surface area contributed by atoms with Gasteiger partial charge in [0.05, 0.1) is 5.75 Å². The fourth-order valence-corrected chi connectivity index (χ4v) is 2.82. The molecular formula is C16H15N3OS. The van der Waals surface area contributed by atoms with Crippen molar-refractivity contribution in [3.05, 3.63) is 54.5 Å². The molecule has 21 heavy (non-hydrogen) atoms. The van der Waals surface area contributed by atoms with Crippen LogP contribution in [-0.2, 0) is 4.79 Å². The van der Waals surface area contributed by atoms with E-state index in [2.05, 4.69) is 21.4 Å². The van der Waals surface area contributed by atoms with Crippen LogP contribution in [0.5, 0.6) is 0 Å². The first-order valence-corrected chi connectivity index (χ1v) is 7.61. The molecule has 5 heteroatoms. The lowest BCUT2D eigenvalue weighted by atomic mass is 10.2. The van der Waals surface area contributed by atoms with Crippen molar-refractivity contribution in [3.63, 3.8) is 0 Å². The van der Waals surface area contributed by atoms with Gasteiger partial charge < -0.3 is 10.3 Å². The van der Waals surface area contributed by atoms with E-state index in [1.807, 2.05) is 37.3 Å². The molecule has 0 aliphatic rings. The Kier molecular flexibility index (Phi) is 3.92. The monoisotopic (exact) mass is 297 g/mol. The number of hydrogen-bond donors (Lipinski definition) is 2. The van der Waals surface area contributed by atoms with Crippen molar-refractivity contribution >= 4 is 34.3 Å². The summed E-state index contributed by atoms with van der Waals surface area (Å²) in [5.74, 6) is 0.372. The largest absolute Gasteiger partial charge is 0.359 e. The summed E-state index contributed by atoms with van der Waals surface area (Å²) in [6.07, 6.45) is 3.45. The van der Waals surface area contributed by atoms with E-state index in [4.69, 9.17) is 0 Å². The smallest absolute Gasteiger partial charge is 0.234 e. The van der Waals surface area contributed by atoms with Crippen LogP contribution in [-0.4, -0.2) is 21.6 Å². The second-order valence-corrected chi connectivity index (χ2v) is 5.82. The summed E-state index contributed by atoms with van der Waals surface area (Å²) in [7, 11) is 0. The highest BCUT2D eigenvalue weighted by molar-refractivity contribution is 8.00. The SMILES string of the molecule is Cc1cc2cc(NC(=O)CSc3ccncc3)ccc2[nH]1. The summed E-state index contributed by atoms with van der Waals surface area (Å²) in [6.45, 7) is 2.02. The van der Waals surface area contributed by atoms with Gasteiger partial charge in [-0.25, -0.2) is 0 Å². The standard InChI is InChI=1S/C16H15N3OS/c1-11-8-12-9-13(2-3-15(12)18-11)19-16(20)10-21-14-4-6-17-7-5-14/h2-9,18H,10H2,1H3,(H,19,20). The Bertz CT molecular complexity index is 768. The molecule has 1 amide bonds. The quantitative estimate of drug-likeness (QED) is 0.723. The number of aromatic nitrogens is 2. The molecule has 0 aliphatic carbocycles. The zero-order valence-electron chi connectivity index (χ0n) is 11.6. The van der Waals surface area contributed by atoms with Crippen molar-refractivity contribution in [1.82, 2.24) is 9.97 Å². The van der Waals surface area contributed by atoms with Gasteiger partial charge in [-0.05, 0) is 43.3 Å². The number of carbonyl (C=O) groups is 1. The second-order valence-electron chi connectivity index (χ2n) is 4.77. The Balaban J connectivity index is 1.63. The van der Waals surface area contributed by atoms with E-state index in [9.17, 15) is 4.79 Å². The summed E-state index contributed by atoms with van der Waals surface area (Å²) < 4.78 is 0. The molecule has 0 radical (unpaired) electrons. The van der Waals surface area contributed by atoms with Gasteiger partial charge in [0.25, 0.3) is 0 Å². The van der Waals surface area contributed by atoms with Gasteiger partial charge >= 0.3 is 0 Å². The maximum Gasteiger partial charge on any atom is 0.234 e. The highest BCUT2D eigenvalue weighted by Gasteiger charge is 2.05. The normalized spacial score (nSPS) is 10.7. The Hall–Kier alpha value is -2.27. The average Bonchev–Trinajstić information content (AvgIpc) is 2.85. The van der Waals surface area contributed by atoms with Gasteiger partial charge in [0.2, 0.25) is 5.91 Å². The highest BCUT2D eigenvalue weighted by atomic mass is 32.2. The molecule has 0 atom stereocenters. The number of aromatic amines is 1. The van der Waals surface area contributed by atoms with Crippen LogP contribution < -0.4 is 5.32 Å². The number of anilines is 1. The molecule has 0 unspecified atom stereocenters. The molecule has 0 aliphatic heterocycles. The van der Waals surface area contributed by atoms with Crippen LogP contribution in [0.4, 0.5) is 5.69 Å². The Morgan fingerprint density at radius 1 is 1.24 bits per heavy atom. The van der Waals surface area contributed by atoms with Crippen molar-refractivity contribution in [1.29, 1.82) is 0 Å². The number of pyridine rings is 1. The van der Waals surface area contributed by atoms with Crippen molar-refractivity contribution < 1.29 is 4.79 Å². The summed E-state index contributed by atoms with van der Waals surface area (Å²) in [5.41, 5.74) is 3.01. The van der Waals surface area contributed by atoms with Gasteiger partial charge in [0, 0.05) is 39.6 Å². The summed E-state index contributed by atoms with van der Waals surface area (Å²) in [6, 6.07) is 11.7. The fourth-order valence-electron chi connectivity index (χ4n) is 2.14. The maximum absolute atomic E-state index is 12.0. The number of amides is 1. The molecule has 0 saturated heterocycles. The minimum atomic E-state index is -0.0107. The van der Waals surface area contributed by atoms with Crippen LogP contribution in [0.2, 0.25) is 0 Å². The lowest BCUT2D eigenvalue weighted by Crippen LogP contribution is -2.13. The van der Waals surface area contributed by atoms with Gasteiger partial charge in [-0.15, -0.1) is 11.8 Å². The highest BCUT2D eigenvalue weighted by Crippen LogP contribution is 2.21. The first-order valence-electron chi connectivity index (χ1n) is 6.63. The van der Waals surface area contributed by atoms with Gasteiger partial charge in [-0.1, -0.05) is 0 Å². The van der Waals surface area contributed by atoms with Crippen LogP contribution in [0.15, 0.2) is 53.7 Å². The van der Waals surface area contributed by atoms with E-state index < -0.39 is 0 Å². The third-order valence-corrected chi connectivity index (χ3v) is 4.07. The number of nitrogens with one attached hydrogen (secondary N) is 2. The number of nitrogens with zero attached hydrogens (tertiary/aromatic N) is 1. The third-order valence-electron chi connectivity index (χ3n) is 3.06. The molecule has 3 rings (SSSR count). The predicted octanol–water partition coefficient (Wildman–Crippen LogP) is 3.60. The molecule has 3 aromatic rings. The molecule has 2 heterocycles. The number of aryl methyl sites for hydroxylation is 1. The molecule has 2 aromatic heterocycles. The van der Waals surface area contributed by atoms with Crippen LogP contribution in [0.1, 0.15) is 5.69 Å². The van der Waals surface area contributed by atoms with Crippen molar-refractivity contribution in [3.8, 4) is 0 Å². The van der Waals surface area contributed by atoms with Gasteiger partial charge in [0.15, 0.2) is 0 Å². The van der Waals surface area contributed by atoms with Gasteiger partial charge in [-0.3, -0.25) is 9.78 Å². The van der Waals surface area contributed by atoms with Crippen molar-refractivity contribution in [2.24, 2.45) is 0 Å². The number of hydrogen-bond acceptors (Lipinski definition) is 3. The van der Waals surface area contributed by atoms with Crippen molar-refractivity contribution in [2.75, 3.05) is 11.1 Å². The molecule has 0 fully saturated rings. The van der Waals surface area contributed by atoms with Gasteiger partial charge in [0.1, 0.15) is 0 Å². The second kappa shape index (κ2) is 6.01. The van der Waals surface area contributed by atoms with Crippen molar-refractivity contribution in [2.45, 2.75) is 11.8 Å². The number of H-pyrrole nitrogens is 1. The zero-order valence-corrected chi connectivity index (χ0v) is 12.4. The number of rotatable bonds is 4. The Labute approximate surface area is 127 Å². The number of thioether (sulfide) groups is 1. The molecule has 106 valence electrons.